The highest BCUT2D eigenvalue weighted by atomic mass is 32.2. The van der Waals surface area contributed by atoms with Gasteiger partial charge < -0.3 is 30.1 Å². The number of methoxy groups -OCH3 is 1. The van der Waals surface area contributed by atoms with E-state index < -0.39 is 28.2 Å². The summed E-state index contributed by atoms with van der Waals surface area (Å²) in [5, 5.41) is 15.8. The summed E-state index contributed by atoms with van der Waals surface area (Å²) in [6.45, 7) is 3.60. The number of amides is 3. The van der Waals surface area contributed by atoms with Crippen LogP contribution >= 0.6 is 0 Å². The van der Waals surface area contributed by atoms with Crippen molar-refractivity contribution in [2.75, 3.05) is 39.2 Å². The SMILES string of the molecule is COc1ccc(S(=O)(=O)N(C)C[C@H]2Oc3c(NC(=O)NC4CCCCC4)cccc3C(=O)N([C@H](C)CO)C[C@H]2C)cc1. The molecule has 42 heavy (non-hydrogen) atoms. The zero-order chi connectivity index (χ0) is 30.4. The van der Waals surface area contributed by atoms with E-state index in [1.165, 1.54) is 30.6 Å². The Morgan fingerprint density at radius 3 is 2.50 bits per heavy atom. The number of likely N-dealkylation sites (N-methyl/N-ethyl adjacent to an activating group) is 1. The van der Waals surface area contributed by atoms with E-state index in [1.54, 1.807) is 42.2 Å². The number of carbonyl (C=O) groups is 2. The molecule has 1 aliphatic heterocycles. The van der Waals surface area contributed by atoms with Crippen LogP contribution in [0.5, 0.6) is 11.5 Å². The molecule has 1 fully saturated rings. The average molecular weight is 603 g/mol. The van der Waals surface area contributed by atoms with Gasteiger partial charge in [-0.05, 0) is 56.2 Å². The number of nitrogens with zero attached hydrogens (tertiary/aromatic N) is 2. The standard InChI is InChI=1S/C30H42N4O7S/c1-20-17-34(21(2)19-35)29(36)25-11-8-12-26(32-30(37)31-22-9-6-5-7-10-22)28(25)41-27(20)18-33(3)42(38,39)24-15-13-23(40-4)14-16-24/h8,11-16,20-22,27,35H,5-7,9-10,17-19H2,1-4H3,(H2,31,32,37)/t20-,21-,27-/m1/s1. The van der Waals surface area contributed by atoms with Crippen molar-refractivity contribution in [2.24, 2.45) is 5.92 Å². The molecular weight excluding hydrogens is 560 g/mol. The molecule has 11 nitrogen and oxygen atoms in total. The van der Waals surface area contributed by atoms with Crippen LogP contribution < -0.4 is 20.1 Å². The maximum atomic E-state index is 13.7. The number of hydrogen-bond acceptors (Lipinski definition) is 7. The molecule has 230 valence electrons. The number of benzene rings is 2. The third kappa shape index (κ3) is 7.16. The summed E-state index contributed by atoms with van der Waals surface area (Å²) in [5.41, 5.74) is 0.536. The number of rotatable bonds is 9. The van der Waals surface area contributed by atoms with Crippen molar-refractivity contribution in [2.45, 2.75) is 69.0 Å². The summed E-state index contributed by atoms with van der Waals surface area (Å²) < 4.78 is 39.7. The lowest BCUT2D eigenvalue weighted by Gasteiger charge is -2.38. The quantitative estimate of drug-likeness (QED) is 0.398. The molecule has 0 saturated heterocycles. The topological polar surface area (TPSA) is 138 Å². The van der Waals surface area contributed by atoms with Crippen LogP contribution in [0.15, 0.2) is 47.4 Å². The van der Waals surface area contributed by atoms with E-state index in [0.717, 1.165) is 32.1 Å². The van der Waals surface area contributed by atoms with Gasteiger partial charge in [-0.2, -0.15) is 4.31 Å². The number of ether oxygens (including phenoxy) is 2. The van der Waals surface area contributed by atoms with Gasteiger partial charge in [-0.25, -0.2) is 13.2 Å². The largest absolute Gasteiger partial charge is 0.497 e. The first kappa shape index (κ1) is 31.6. The molecule has 2 aromatic carbocycles. The fourth-order valence-electron chi connectivity index (χ4n) is 5.43. The lowest BCUT2D eigenvalue weighted by molar-refractivity contribution is 0.0389. The van der Waals surface area contributed by atoms with Gasteiger partial charge in [0.1, 0.15) is 11.9 Å². The zero-order valence-corrected chi connectivity index (χ0v) is 25.5. The summed E-state index contributed by atoms with van der Waals surface area (Å²) in [7, 11) is -0.887. The second-order valence-corrected chi connectivity index (χ2v) is 13.2. The van der Waals surface area contributed by atoms with E-state index in [-0.39, 0.29) is 53.8 Å². The minimum Gasteiger partial charge on any atom is -0.497 e. The summed E-state index contributed by atoms with van der Waals surface area (Å²) in [5.74, 6) is 0.0462. The van der Waals surface area contributed by atoms with E-state index in [0.29, 0.717) is 11.4 Å². The van der Waals surface area contributed by atoms with Crippen LogP contribution in [0.25, 0.3) is 0 Å². The van der Waals surface area contributed by atoms with Crippen molar-refractivity contribution in [1.82, 2.24) is 14.5 Å². The Bertz CT molecular complexity index is 1350. The van der Waals surface area contributed by atoms with Gasteiger partial charge in [0.2, 0.25) is 10.0 Å². The number of sulfonamides is 1. The maximum Gasteiger partial charge on any atom is 0.319 e. The van der Waals surface area contributed by atoms with Crippen LogP contribution in [-0.2, 0) is 10.0 Å². The predicted octanol–water partition coefficient (Wildman–Crippen LogP) is 3.69. The molecule has 4 rings (SSSR count). The molecule has 12 heteroatoms. The molecule has 3 atom stereocenters. The molecular formula is C30H42N4O7S. The van der Waals surface area contributed by atoms with Crippen molar-refractivity contribution in [3.05, 3.63) is 48.0 Å². The molecule has 3 amide bonds. The Hall–Kier alpha value is -3.35. The van der Waals surface area contributed by atoms with Crippen molar-refractivity contribution in [1.29, 1.82) is 0 Å². The Balaban J connectivity index is 1.65. The average Bonchev–Trinajstić information content (AvgIpc) is 2.99. The fraction of sp³-hybridized carbons (Fsp3) is 0.533. The van der Waals surface area contributed by atoms with Gasteiger partial charge in [-0.15, -0.1) is 0 Å². The molecule has 0 spiro atoms. The molecule has 3 N–H and O–H groups in total. The van der Waals surface area contributed by atoms with Crippen molar-refractivity contribution in [3.8, 4) is 11.5 Å². The Morgan fingerprint density at radius 2 is 1.86 bits per heavy atom. The van der Waals surface area contributed by atoms with Crippen LogP contribution in [0.1, 0.15) is 56.3 Å². The lowest BCUT2D eigenvalue weighted by Crippen LogP contribution is -2.50. The summed E-state index contributed by atoms with van der Waals surface area (Å²) >= 11 is 0. The van der Waals surface area contributed by atoms with Crippen LogP contribution in [0, 0.1) is 5.92 Å². The third-order valence-electron chi connectivity index (χ3n) is 8.08. The van der Waals surface area contributed by atoms with Crippen molar-refractivity contribution < 1.29 is 32.6 Å². The Kier molecular flexibility index (Phi) is 10.3. The lowest BCUT2D eigenvalue weighted by atomic mass is 9.96. The fourth-order valence-corrected chi connectivity index (χ4v) is 6.61. The van der Waals surface area contributed by atoms with Crippen molar-refractivity contribution in [3.63, 3.8) is 0 Å². The number of carbonyl (C=O) groups excluding carboxylic acids is 2. The molecule has 2 aliphatic rings. The van der Waals surface area contributed by atoms with Gasteiger partial charge in [0, 0.05) is 25.6 Å². The summed E-state index contributed by atoms with van der Waals surface area (Å²) in [6.07, 6.45) is 4.43. The highest BCUT2D eigenvalue weighted by Gasteiger charge is 2.36. The first-order valence-corrected chi connectivity index (χ1v) is 15.9. The number of hydrogen-bond donors (Lipinski definition) is 3. The first-order chi connectivity index (χ1) is 20.0. The maximum absolute atomic E-state index is 13.7. The number of fused-ring (bicyclic) bond motifs is 1. The van der Waals surface area contributed by atoms with Gasteiger partial charge in [-0.1, -0.05) is 32.3 Å². The van der Waals surface area contributed by atoms with Gasteiger partial charge in [-0.3, -0.25) is 4.79 Å². The third-order valence-corrected chi connectivity index (χ3v) is 9.92. The van der Waals surface area contributed by atoms with E-state index in [9.17, 15) is 23.1 Å². The molecule has 0 aromatic heterocycles. The Labute approximate surface area is 248 Å². The molecule has 1 aliphatic carbocycles. The van der Waals surface area contributed by atoms with Crippen LogP contribution in [-0.4, -0.2) is 86.7 Å². The Morgan fingerprint density at radius 1 is 1.17 bits per heavy atom. The number of anilines is 1. The van der Waals surface area contributed by atoms with Gasteiger partial charge in [0.25, 0.3) is 5.91 Å². The normalized spacial score (nSPS) is 20.6. The minimum absolute atomic E-state index is 0.0207. The van der Waals surface area contributed by atoms with Crippen LogP contribution in [0.4, 0.5) is 10.5 Å². The van der Waals surface area contributed by atoms with E-state index in [2.05, 4.69) is 10.6 Å². The van der Waals surface area contributed by atoms with Crippen molar-refractivity contribution >= 4 is 27.6 Å². The highest BCUT2D eigenvalue weighted by Crippen LogP contribution is 2.35. The van der Waals surface area contributed by atoms with Gasteiger partial charge in [0.15, 0.2) is 5.75 Å². The molecule has 2 aromatic rings. The molecule has 1 saturated carbocycles. The molecule has 0 bridgehead atoms. The smallest absolute Gasteiger partial charge is 0.319 e. The van der Waals surface area contributed by atoms with E-state index in [1.807, 2.05) is 6.92 Å². The minimum atomic E-state index is -3.88. The summed E-state index contributed by atoms with van der Waals surface area (Å²) in [6, 6.07) is 10.3. The van der Waals surface area contributed by atoms with Crippen LogP contribution in [0.2, 0.25) is 0 Å². The monoisotopic (exact) mass is 602 g/mol. The molecule has 0 unspecified atom stereocenters. The second-order valence-electron chi connectivity index (χ2n) is 11.2. The van der Waals surface area contributed by atoms with Crippen LogP contribution in [0.3, 0.4) is 0 Å². The summed E-state index contributed by atoms with van der Waals surface area (Å²) in [4.78, 5) is 28.4. The highest BCUT2D eigenvalue weighted by molar-refractivity contribution is 7.89. The number of nitrogens with one attached hydrogen (secondary N) is 2. The predicted molar refractivity (Wildman–Crippen MR) is 159 cm³/mol. The second kappa shape index (κ2) is 13.7. The number of aliphatic hydroxyl groups is 1. The van der Waals surface area contributed by atoms with Gasteiger partial charge >= 0.3 is 6.03 Å². The number of para-hydroxylation sites is 1. The van der Waals surface area contributed by atoms with E-state index >= 15 is 0 Å². The molecule has 0 radical (unpaired) electrons. The van der Waals surface area contributed by atoms with E-state index in [4.69, 9.17) is 9.47 Å². The first-order valence-electron chi connectivity index (χ1n) is 14.4. The number of urea groups is 1. The number of aliphatic hydroxyl groups excluding tert-OH is 1. The van der Waals surface area contributed by atoms with Gasteiger partial charge in [0.05, 0.1) is 42.4 Å². The zero-order valence-electron chi connectivity index (χ0n) is 24.7. The molecule has 1 heterocycles.